The molecule has 0 aromatic rings. The average molecular weight is 208 g/mol. The maximum absolute atomic E-state index is 11.8. The number of hydrogen-bond acceptors (Lipinski definition) is 0. The van der Waals surface area contributed by atoms with E-state index < -0.39 is 17.2 Å². The molecular formula is C4H4BrF4. The molecule has 0 N–H and O–H groups in total. The monoisotopic (exact) mass is 207 g/mol. The zero-order chi connectivity index (χ0) is 7.71. The molecule has 1 radical (unpaired) electrons. The Balaban J connectivity index is 4.14. The maximum Gasteiger partial charge on any atom is 0.363 e. The molecule has 0 bridgehead atoms. The second-order valence-corrected chi connectivity index (χ2v) is 2.45. The van der Waals surface area contributed by atoms with Crippen LogP contribution < -0.4 is 0 Å². The molecule has 0 aromatic carbocycles. The molecule has 0 saturated heterocycles. The van der Waals surface area contributed by atoms with Crippen LogP contribution in [0, 0.1) is 6.92 Å². The molecule has 0 nitrogen and oxygen atoms in total. The van der Waals surface area contributed by atoms with Crippen LogP contribution >= 0.6 is 15.9 Å². The molecule has 0 aromatic heterocycles. The van der Waals surface area contributed by atoms with Crippen LogP contribution in [-0.4, -0.2) is 10.8 Å². The van der Waals surface area contributed by atoms with Crippen molar-refractivity contribution in [3.05, 3.63) is 6.92 Å². The van der Waals surface area contributed by atoms with Gasteiger partial charge in [-0.15, -0.1) is 0 Å². The fourth-order valence-electron chi connectivity index (χ4n) is 0.142. The molecule has 0 saturated carbocycles. The minimum atomic E-state index is -4.14. The van der Waals surface area contributed by atoms with E-state index in [2.05, 4.69) is 6.92 Å². The van der Waals surface area contributed by atoms with Crippen LogP contribution in [0.5, 0.6) is 0 Å². The van der Waals surface area contributed by atoms with Gasteiger partial charge < -0.3 is 0 Å². The van der Waals surface area contributed by atoms with E-state index in [0.717, 1.165) is 0 Å². The Morgan fingerprint density at radius 1 is 1.22 bits per heavy atom. The molecular weight excluding hydrogens is 204 g/mol. The molecule has 9 heavy (non-hydrogen) atoms. The Kier molecular flexibility index (Phi) is 2.49. The Morgan fingerprint density at radius 2 is 1.56 bits per heavy atom. The van der Waals surface area contributed by atoms with Crippen molar-refractivity contribution in [3.63, 3.8) is 0 Å². The van der Waals surface area contributed by atoms with Gasteiger partial charge in [0.1, 0.15) is 0 Å². The maximum atomic E-state index is 11.8. The first-order chi connectivity index (χ1) is 3.81. The van der Waals surface area contributed by atoms with Gasteiger partial charge in [-0.1, -0.05) is 0 Å². The lowest BCUT2D eigenvalue weighted by atomic mass is 10.3. The van der Waals surface area contributed by atoms with Gasteiger partial charge in [-0.25, -0.2) is 0 Å². The van der Waals surface area contributed by atoms with Crippen molar-refractivity contribution in [2.45, 2.75) is 17.2 Å². The van der Waals surface area contributed by atoms with Crippen molar-refractivity contribution in [3.8, 4) is 0 Å². The lowest BCUT2D eigenvalue weighted by Crippen LogP contribution is -2.33. The number of rotatable bonds is 2. The van der Waals surface area contributed by atoms with Gasteiger partial charge in [0.2, 0.25) is 0 Å². The summed E-state index contributed by atoms with van der Waals surface area (Å²) in [6, 6.07) is 0. The zero-order valence-corrected chi connectivity index (χ0v) is 5.89. The summed E-state index contributed by atoms with van der Waals surface area (Å²) in [6.07, 6.45) is -1.12. The standard InChI is InChI=1S/C4H4BrF4/c1-2-3(6,7)4(5,8)9/h1-2H2. The Labute approximate surface area is 58.4 Å². The fourth-order valence-corrected chi connectivity index (χ4v) is 0.340. The predicted octanol–water partition coefficient (Wildman–Crippen LogP) is 2.83. The van der Waals surface area contributed by atoms with Gasteiger partial charge >= 0.3 is 10.8 Å². The van der Waals surface area contributed by atoms with E-state index in [4.69, 9.17) is 0 Å². The smallest absolute Gasteiger partial charge is 0.199 e. The molecule has 0 spiro atoms. The van der Waals surface area contributed by atoms with Crippen molar-refractivity contribution in [1.82, 2.24) is 0 Å². The van der Waals surface area contributed by atoms with Gasteiger partial charge in [0, 0.05) is 6.42 Å². The quantitative estimate of drug-likeness (QED) is 0.483. The Hall–Kier alpha value is 0.200. The van der Waals surface area contributed by atoms with Crippen molar-refractivity contribution in [1.29, 1.82) is 0 Å². The van der Waals surface area contributed by atoms with Gasteiger partial charge in [-0.05, 0) is 22.9 Å². The summed E-state index contributed by atoms with van der Waals surface area (Å²) in [6.45, 7) is 2.66. The van der Waals surface area contributed by atoms with Crippen LogP contribution in [0.25, 0.3) is 0 Å². The third-order valence-electron chi connectivity index (χ3n) is 0.729. The number of hydrogen-bond donors (Lipinski definition) is 0. The van der Waals surface area contributed by atoms with E-state index in [0.29, 0.717) is 0 Å². The molecule has 0 unspecified atom stereocenters. The topological polar surface area (TPSA) is 0 Å². The summed E-state index contributed by atoms with van der Waals surface area (Å²) in [5.41, 5.74) is 0. The lowest BCUT2D eigenvalue weighted by Gasteiger charge is -2.18. The third-order valence-corrected chi connectivity index (χ3v) is 1.31. The van der Waals surface area contributed by atoms with Crippen LogP contribution in [0.1, 0.15) is 6.42 Å². The highest BCUT2D eigenvalue weighted by atomic mass is 79.9. The van der Waals surface area contributed by atoms with Crippen LogP contribution in [0.4, 0.5) is 17.6 Å². The van der Waals surface area contributed by atoms with Crippen LogP contribution in [0.3, 0.4) is 0 Å². The van der Waals surface area contributed by atoms with Crippen LogP contribution in [0.2, 0.25) is 0 Å². The van der Waals surface area contributed by atoms with Crippen molar-refractivity contribution in [2.24, 2.45) is 0 Å². The zero-order valence-electron chi connectivity index (χ0n) is 4.30. The third kappa shape index (κ3) is 2.12. The summed E-state index contributed by atoms with van der Waals surface area (Å²) >= 11 is 1.54. The molecule has 0 amide bonds. The molecule has 0 aliphatic rings. The second-order valence-electron chi connectivity index (χ2n) is 1.45. The molecule has 0 aliphatic carbocycles. The highest BCUT2D eigenvalue weighted by Crippen LogP contribution is 2.41. The second kappa shape index (κ2) is 2.44. The molecule has 0 rings (SSSR count). The minimum Gasteiger partial charge on any atom is -0.199 e. The van der Waals surface area contributed by atoms with Crippen molar-refractivity contribution < 1.29 is 17.6 Å². The summed E-state index contributed by atoms with van der Waals surface area (Å²) in [7, 11) is 0. The highest BCUT2D eigenvalue weighted by Gasteiger charge is 2.52. The minimum absolute atomic E-state index is 1.12. The number of alkyl halides is 5. The van der Waals surface area contributed by atoms with Crippen LogP contribution in [0.15, 0.2) is 0 Å². The average Bonchev–Trinajstić information content (AvgIpc) is 1.64. The van der Waals surface area contributed by atoms with Crippen LogP contribution in [-0.2, 0) is 0 Å². The van der Waals surface area contributed by atoms with Gasteiger partial charge in [-0.2, -0.15) is 17.6 Å². The first-order valence-corrected chi connectivity index (χ1v) is 2.84. The highest BCUT2D eigenvalue weighted by molar-refractivity contribution is 9.10. The molecule has 5 heteroatoms. The van der Waals surface area contributed by atoms with E-state index in [1.54, 1.807) is 0 Å². The van der Waals surface area contributed by atoms with Gasteiger partial charge in [0.05, 0.1) is 0 Å². The van der Waals surface area contributed by atoms with Gasteiger partial charge in [0.25, 0.3) is 0 Å². The van der Waals surface area contributed by atoms with E-state index >= 15 is 0 Å². The molecule has 0 aliphatic heterocycles. The Morgan fingerprint density at radius 3 is 1.56 bits per heavy atom. The summed E-state index contributed by atoms with van der Waals surface area (Å²) in [4.78, 5) is -4.14. The normalized spacial score (nSPS) is 14.0. The first-order valence-electron chi connectivity index (χ1n) is 2.05. The fraction of sp³-hybridized carbons (Fsp3) is 0.750. The Bertz CT molecular complexity index is 95.2. The summed E-state index contributed by atoms with van der Waals surface area (Å²) < 4.78 is 46.9. The van der Waals surface area contributed by atoms with E-state index in [1.165, 1.54) is 15.9 Å². The summed E-state index contributed by atoms with van der Waals surface area (Å²) in [5.74, 6) is -4.05. The largest absolute Gasteiger partial charge is 0.363 e. The van der Waals surface area contributed by atoms with Gasteiger partial charge in [-0.3, -0.25) is 0 Å². The first kappa shape index (κ1) is 9.20. The predicted molar refractivity (Wildman–Crippen MR) is 28.8 cm³/mol. The van der Waals surface area contributed by atoms with Crippen molar-refractivity contribution in [2.75, 3.05) is 0 Å². The van der Waals surface area contributed by atoms with E-state index in [1.807, 2.05) is 0 Å². The molecule has 0 heterocycles. The van der Waals surface area contributed by atoms with Gasteiger partial charge in [0.15, 0.2) is 0 Å². The molecule has 0 fully saturated rings. The summed E-state index contributed by atoms with van der Waals surface area (Å²) in [5, 5.41) is 0. The van der Waals surface area contributed by atoms with Crippen molar-refractivity contribution >= 4 is 15.9 Å². The van der Waals surface area contributed by atoms with E-state index in [-0.39, 0.29) is 0 Å². The number of halogens is 5. The lowest BCUT2D eigenvalue weighted by molar-refractivity contribution is -0.144. The SMILES string of the molecule is [CH2]CC(F)(F)C(F)(F)Br. The molecule has 55 valence electrons. The van der Waals surface area contributed by atoms with E-state index in [9.17, 15) is 17.6 Å². The molecule has 0 atom stereocenters.